The van der Waals surface area contributed by atoms with Gasteiger partial charge in [-0.05, 0) is 24.6 Å². The molecule has 3 heteroatoms. The van der Waals surface area contributed by atoms with Crippen LogP contribution in [0.15, 0.2) is 18.2 Å². The van der Waals surface area contributed by atoms with Gasteiger partial charge in [-0.3, -0.25) is 5.10 Å². The van der Waals surface area contributed by atoms with Crippen molar-refractivity contribution in [3.8, 4) is 0 Å². The fraction of sp³-hybridized carbons (Fsp3) is 0.364. The third-order valence-corrected chi connectivity index (χ3v) is 2.18. The van der Waals surface area contributed by atoms with Crippen molar-refractivity contribution in [2.75, 3.05) is 0 Å². The molecule has 0 radical (unpaired) electrons. The number of benzene rings is 1. The number of H-pyrrole nitrogens is 1. The van der Waals surface area contributed by atoms with Gasteiger partial charge in [0.1, 0.15) is 0 Å². The lowest BCUT2D eigenvalue weighted by Crippen LogP contribution is -1.78. The maximum absolute atomic E-state index is 5.86. The second kappa shape index (κ2) is 5.01. The van der Waals surface area contributed by atoms with Crippen molar-refractivity contribution in [2.24, 2.45) is 0 Å². The minimum absolute atomic E-state index is 0.763. The fourth-order valence-corrected chi connectivity index (χ4v) is 1.48. The molecule has 0 saturated carbocycles. The smallest absolute Gasteiger partial charge is 0.0924 e. The Morgan fingerprint density at radius 3 is 2.71 bits per heavy atom. The first kappa shape index (κ1) is 11.1. The van der Waals surface area contributed by atoms with Crippen molar-refractivity contribution in [3.05, 3.63) is 28.9 Å². The molecule has 0 saturated heterocycles. The first-order valence-electron chi connectivity index (χ1n) is 4.93. The molecule has 1 aromatic heterocycles. The Hall–Kier alpha value is -1.02. The Bertz CT molecular complexity index is 407. The molecule has 1 aromatic carbocycles. The van der Waals surface area contributed by atoms with E-state index in [1.165, 1.54) is 0 Å². The van der Waals surface area contributed by atoms with E-state index in [9.17, 15) is 0 Å². The summed E-state index contributed by atoms with van der Waals surface area (Å²) in [5.41, 5.74) is 2.13. The number of aryl methyl sites for hydroxylation is 1. The van der Waals surface area contributed by atoms with Gasteiger partial charge in [0.05, 0.1) is 5.52 Å². The van der Waals surface area contributed by atoms with E-state index >= 15 is 0 Å². The number of aromatic nitrogens is 2. The van der Waals surface area contributed by atoms with Gasteiger partial charge >= 0.3 is 0 Å². The molecule has 0 unspecified atom stereocenters. The average molecular weight is 211 g/mol. The topological polar surface area (TPSA) is 28.7 Å². The highest BCUT2D eigenvalue weighted by molar-refractivity contribution is 6.31. The quantitative estimate of drug-likeness (QED) is 0.762. The summed E-state index contributed by atoms with van der Waals surface area (Å²) >= 11 is 5.86. The molecular weight excluding hydrogens is 196 g/mol. The molecule has 0 fully saturated rings. The van der Waals surface area contributed by atoms with Crippen LogP contribution in [-0.4, -0.2) is 10.2 Å². The second-order valence-electron chi connectivity index (χ2n) is 2.72. The molecule has 0 aliphatic rings. The van der Waals surface area contributed by atoms with E-state index < -0.39 is 0 Å². The predicted molar refractivity (Wildman–Crippen MR) is 61.8 cm³/mol. The van der Waals surface area contributed by atoms with Crippen LogP contribution in [0.5, 0.6) is 0 Å². The summed E-state index contributed by atoms with van der Waals surface area (Å²) in [6, 6.07) is 5.72. The molecular formula is C11H15ClN2. The van der Waals surface area contributed by atoms with Gasteiger partial charge in [-0.2, -0.15) is 5.10 Å². The maximum atomic E-state index is 5.86. The lowest BCUT2D eigenvalue weighted by molar-refractivity contribution is 0.988. The lowest BCUT2D eigenvalue weighted by atomic mass is 10.2. The van der Waals surface area contributed by atoms with E-state index in [4.69, 9.17) is 11.6 Å². The van der Waals surface area contributed by atoms with E-state index in [2.05, 4.69) is 17.1 Å². The number of halogens is 1. The van der Waals surface area contributed by atoms with Crippen molar-refractivity contribution in [1.82, 2.24) is 10.2 Å². The number of aromatic amines is 1. The van der Waals surface area contributed by atoms with E-state index in [0.717, 1.165) is 28.0 Å². The van der Waals surface area contributed by atoms with Gasteiger partial charge < -0.3 is 0 Å². The molecule has 2 rings (SSSR count). The van der Waals surface area contributed by atoms with E-state index in [-0.39, 0.29) is 0 Å². The third kappa shape index (κ3) is 2.07. The van der Waals surface area contributed by atoms with Gasteiger partial charge in [0.2, 0.25) is 0 Å². The number of hydrogen-bond acceptors (Lipinski definition) is 1. The Morgan fingerprint density at radius 1 is 1.36 bits per heavy atom. The molecule has 0 aliphatic heterocycles. The minimum atomic E-state index is 0.763. The van der Waals surface area contributed by atoms with E-state index in [0.29, 0.717) is 0 Å². The average Bonchev–Trinajstić information content (AvgIpc) is 2.63. The Kier molecular flexibility index (Phi) is 3.96. The standard InChI is InChI=1S/C9H9ClN2.C2H6/c1-2-8-7-5-6(10)3-4-9(7)12-11-8;1-2/h3-5H,2H2,1H3,(H,11,12);1-2H3. The molecule has 0 bridgehead atoms. The zero-order valence-corrected chi connectivity index (χ0v) is 9.52. The van der Waals surface area contributed by atoms with Crippen LogP contribution in [0.3, 0.4) is 0 Å². The second-order valence-corrected chi connectivity index (χ2v) is 3.15. The highest BCUT2D eigenvalue weighted by atomic mass is 35.5. The summed E-state index contributed by atoms with van der Waals surface area (Å²) in [7, 11) is 0. The zero-order valence-electron chi connectivity index (χ0n) is 8.76. The van der Waals surface area contributed by atoms with Gasteiger partial charge in [0, 0.05) is 16.1 Å². The van der Waals surface area contributed by atoms with Gasteiger partial charge in [-0.1, -0.05) is 32.4 Å². The SMILES string of the molecule is CC.CCc1[nH]nc2ccc(Cl)cc12. The Morgan fingerprint density at radius 2 is 2.07 bits per heavy atom. The highest BCUT2D eigenvalue weighted by Crippen LogP contribution is 2.20. The Balaban J connectivity index is 0.000000461. The first-order valence-corrected chi connectivity index (χ1v) is 5.31. The largest absolute Gasteiger partial charge is 0.281 e. The van der Waals surface area contributed by atoms with Crippen molar-refractivity contribution in [3.63, 3.8) is 0 Å². The molecule has 1 heterocycles. The number of fused-ring (bicyclic) bond motifs is 1. The van der Waals surface area contributed by atoms with E-state index in [1.54, 1.807) is 0 Å². The number of nitrogens with zero attached hydrogens (tertiary/aromatic N) is 1. The lowest BCUT2D eigenvalue weighted by Gasteiger charge is -1.92. The summed E-state index contributed by atoms with van der Waals surface area (Å²) in [6.07, 6.45) is 0.955. The molecule has 0 aliphatic carbocycles. The van der Waals surface area contributed by atoms with Crippen molar-refractivity contribution < 1.29 is 0 Å². The summed E-state index contributed by atoms with van der Waals surface area (Å²) in [6.45, 7) is 6.09. The molecule has 2 nitrogen and oxygen atoms in total. The van der Waals surface area contributed by atoms with Gasteiger partial charge in [-0.25, -0.2) is 0 Å². The number of nitrogens with one attached hydrogen (secondary N) is 1. The number of rotatable bonds is 1. The van der Waals surface area contributed by atoms with Crippen LogP contribution in [0.25, 0.3) is 10.9 Å². The minimum Gasteiger partial charge on any atom is -0.281 e. The zero-order chi connectivity index (χ0) is 10.6. The maximum Gasteiger partial charge on any atom is 0.0924 e. The van der Waals surface area contributed by atoms with Crippen molar-refractivity contribution >= 4 is 22.5 Å². The first-order chi connectivity index (χ1) is 6.81. The fourth-order valence-electron chi connectivity index (χ4n) is 1.30. The Labute approximate surface area is 89.3 Å². The molecule has 0 spiro atoms. The molecule has 1 N–H and O–H groups in total. The van der Waals surface area contributed by atoms with Crippen LogP contribution in [0, 0.1) is 0 Å². The molecule has 2 aromatic rings. The van der Waals surface area contributed by atoms with Crippen molar-refractivity contribution in [2.45, 2.75) is 27.2 Å². The van der Waals surface area contributed by atoms with Crippen LogP contribution >= 0.6 is 11.6 Å². The van der Waals surface area contributed by atoms with Crippen LogP contribution in [0.2, 0.25) is 5.02 Å². The van der Waals surface area contributed by atoms with Gasteiger partial charge in [0.15, 0.2) is 0 Å². The summed E-state index contributed by atoms with van der Waals surface area (Å²) < 4.78 is 0. The van der Waals surface area contributed by atoms with Crippen LogP contribution in [0.4, 0.5) is 0 Å². The van der Waals surface area contributed by atoms with Crippen molar-refractivity contribution in [1.29, 1.82) is 0 Å². The molecule has 0 atom stereocenters. The molecule has 14 heavy (non-hydrogen) atoms. The monoisotopic (exact) mass is 210 g/mol. The summed E-state index contributed by atoms with van der Waals surface area (Å²) in [5.74, 6) is 0. The van der Waals surface area contributed by atoms with Crippen LogP contribution in [-0.2, 0) is 6.42 Å². The summed E-state index contributed by atoms with van der Waals surface area (Å²) in [4.78, 5) is 0. The van der Waals surface area contributed by atoms with E-state index in [1.807, 2.05) is 32.0 Å². The van der Waals surface area contributed by atoms with Gasteiger partial charge in [0.25, 0.3) is 0 Å². The predicted octanol–water partition coefficient (Wildman–Crippen LogP) is 3.80. The normalized spacial score (nSPS) is 9.71. The molecule has 0 amide bonds. The van der Waals surface area contributed by atoms with Gasteiger partial charge in [-0.15, -0.1) is 0 Å². The summed E-state index contributed by atoms with van der Waals surface area (Å²) in [5, 5.41) is 9.02. The van der Waals surface area contributed by atoms with Crippen LogP contribution in [0.1, 0.15) is 26.5 Å². The number of hydrogen-bond donors (Lipinski definition) is 1. The third-order valence-electron chi connectivity index (χ3n) is 1.95. The van der Waals surface area contributed by atoms with Crippen LogP contribution < -0.4 is 0 Å². The highest BCUT2D eigenvalue weighted by Gasteiger charge is 2.02. The molecule has 76 valence electrons.